The lowest BCUT2D eigenvalue weighted by Gasteiger charge is -2.02. The number of benzene rings is 1. The smallest absolute Gasteiger partial charge is 0.354 e. The second kappa shape index (κ2) is 5.16. The van der Waals surface area contributed by atoms with E-state index in [9.17, 15) is 4.79 Å². The van der Waals surface area contributed by atoms with Crippen LogP contribution in [0.4, 0.5) is 0 Å². The summed E-state index contributed by atoms with van der Waals surface area (Å²) in [4.78, 5) is 10.6. The fourth-order valence-corrected chi connectivity index (χ4v) is 1.40. The summed E-state index contributed by atoms with van der Waals surface area (Å²) in [6.45, 7) is 0.466. The van der Waals surface area contributed by atoms with E-state index in [0.29, 0.717) is 12.5 Å². The second-order valence-corrected chi connectivity index (χ2v) is 3.51. The Morgan fingerprint density at radius 2 is 2.12 bits per heavy atom. The molecule has 1 aromatic carbocycles. The number of aromatic nitrogens is 2. The summed E-state index contributed by atoms with van der Waals surface area (Å²) in [7, 11) is 0. The van der Waals surface area contributed by atoms with Crippen molar-refractivity contribution in [1.82, 2.24) is 10.2 Å². The Balaban J connectivity index is 1.84. The van der Waals surface area contributed by atoms with Crippen LogP contribution >= 0.6 is 0 Å². The number of ether oxygens (including phenoxy) is 1. The first-order valence-corrected chi connectivity index (χ1v) is 5.21. The lowest BCUT2D eigenvalue weighted by atomic mass is 10.2. The molecule has 0 spiro atoms. The van der Waals surface area contributed by atoms with E-state index >= 15 is 0 Å². The molecule has 0 fully saturated rings. The number of nitrogens with zero attached hydrogens (tertiary/aromatic N) is 1. The molecule has 2 rings (SSSR count). The predicted molar refractivity (Wildman–Crippen MR) is 61.2 cm³/mol. The van der Waals surface area contributed by atoms with Crippen LogP contribution in [0.3, 0.4) is 0 Å². The van der Waals surface area contributed by atoms with E-state index in [0.717, 1.165) is 6.42 Å². The van der Waals surface area contributed by atoms with Gasteiger partial charge in [0.25, 0.3) is 0 Å². The zero-order valence-electron chi connectivity index (χ0n) is 9.09. The zero-order chi connectivity index (χ0) is 12.1. The molecule has 0 aliphatic heterocycles. The first kappa shape index (κ1) is 11.2. The molecule has 0 unspecified atom stereocenters. The third-order valence-electron chi connectivity index (χ3n) is 2.27. The van der Waals surface area contributed by atoms with Crippen LogP contribution in [0, 0.1) is 0 Å². The van der Waals surface area contributed by atoms with Crippen LogP contribution in [0.5, 0.6) is 5.88 Å². The molecule has 0 amide bonds. The zero-order valence-corrected chi connectivity index (χ0v) is 9.09. The van der Waals surface area contributed by atoms with Crippen LogP contribution in [0.1, 0.15) is 16.1 Å². The highest BCUT2D eigenvalue weighted by atomic mass is 16.5. The molecule has 0 radical (unpaired) electrons. The van der Waals surface area contributed by atoms with Gasteiger partial charge in [0.1, 0.15) is 5.69 Å². The van der Waals surface area contributed by atoms with E-state index in [1.807, 2.05) is 30.3 Å². The van der Waals surface area contributed by atoms with Crippen molar-refractivity contribution in [3.8, 4) is 5.88 Å². The van der Waals surface area contributed by atoms with Gasteiger partial charge in [0.2, 0.25) is 5.88 Å². The van der Waals surface area contributed by atoms with Crippen molar-refractivity contribution in [3.63, 3.8) is 0 Å². The topological polar surface area (TPSA) is 75.2 Å². The summed E-state index contributed by atoms with van der Waals surface area (Å²) in [5.74, 6) is -0.742. The van der Waals surface area contributed by atoms with Crippen LogP contribution < -0.4 is 4.74 Å². The molecule has 0 aliphatic rings. The van der Waals surface area contributed by atoms with Gasteiger partial charge in [-0.25, -0.2) is 4.79 Å². The van der Waals surface area contributed by atoms with E-state index in [1.54, 1.807) is 0 Å². The molecule has 5 nitrogen and oxygen atoms in total. The van der Waals surface area contributed by atoms with Crippen molar-refractivity contribution < 1.29 is 14.6 Å². The van der Waals surface area contributed by atoms with Gasteiger partial charge in [0, 0.05) is 12.5 Å². The number of aromatic carboxylic acids is 1. The molecule has 0 bridgehead atoms. The lowest BCUT2D eigenvalue weighted by Crippen LogP contribution is -2.01. The number of aromatic amines is 1. The maximum absolute atomic E-state index is 10.6. The average molecular weight is 232 g/mol. The van der Waals surface area contributed by atoms with Gasteiger partial charge in [0.05, 0.1) is 6.61 Å². The molecular formula is C12H12N2O3. The average Bonchev–Trinajstić information content (AvgIpc) is 2.79. The Bertz CT molecular complexity index is 493. The normalized spacial score (nSPS) is 10.1. The van der Waals surface area contributed by atoms with Gasteiger partial charge in [-0.15, -0.1) is 5.10 Å². The highest BCUT2D eigenvalue weighted by molar-refractivity contribution is 5.85. The minimum absolute atomic E-state index is 0.0275. The first-order chi connectivity index (χ1) is 8.25. The molecule has 2 N–H and O–H groups in total. The lowest BCUT2D eigenvalue weighted by molar-refractivity contribution is 0.0690. The molecule has 0 saturated heterocycles. The van der Waals surface area contributed by atoms with Crippen LogP contribution in [0.2, 0.25) is 0 Å². The minimum atomic E-state index is -1.05. The highest BCUT2D eigenvalue weighted by Crippen LogP contribution is 2.09. The van der Waals surface area contributed by atoms with Gasteiger partial charge in [-0.3, -0.25) is 5.10 Å². The highest BCUT2D eigenvalue weighted by Gasteiger charge is 2.07. The standard InChI is InChI=1S/C12H12N2O3/c15-12(16)10-8-11(14-13-10)17-7-6-9-4-2-1-3-5-9/h1-5,8H,6-7H2,(H,13,14)(H,15,16). The summed E-state index contributed by atoms with van der Waals surface area (Å²) < 4.78 is 5.34. The van der Waals surface area contributed by atoms with Crippen molar-refractivity contribution in [2.75, 3.05) is 6.61 Å². The number of hydrogen-bond acceptors (Lipinski definition) is 3. The Labute approximate surface area is 98.0 Å². The van der Waals surface area contributed by atoms with Gasteiger partial charge < -0.3 is 9.84 Å². The fourth-order valence-electron chi connectivity index (χ4n) is 1.40. The first-order valence-electron chi connectivity index (χ1n) is 5.21. The third-order valence-corrected chi connectivity index (χ3v) is 2.27. The van der Waals surface area contributed by atoms with E-state index in [-0.39, 0.29) is 5.69 Å². The fraction of sp³-hybridized carbons (Fsp3) is 0.167. The molecule has 0 aliphatic carbocycles. The number of carboxylic acid groups (broad SMARTS) is 1. The maximum Gasteiger partial charge on any atom is 0.354 e. The molecule has 0 atom stereocenters. The van der Waals surface area contributed by atoms with Crippen LogP contribution in [-0.2, 0) is 6.42 Å². The number of rotatable bonds is 5. The largest absolute Gasteiger partial charge is 0.477 e. The van der Waals surface area contributed by atoms with Gasteiger partial charge in [0.15, 0.2) is 0 Å². The maximum atomic E-state index is 10.6. The molecule has 17 heavy (non-hydrogen) atoms. The quantitative estimate of drug-likeness (QED) is 0.823. The van der Waals surface area contributed by atoms with Crippen molar-refractivity contribution in [1.29, 1.82) is 0 Å². The van der Waals surface area contributed by atoms with Crippen LogP contribution in [0.25, 0.3) is 0 Å². The molecule has 88 valence electrons. The SMILES string of the molecule is O=C(O)c1cc(OCCc2ccccc2)n[nH]1. The number of carbonyl (C=O) groups is 1. The number of nitrogens with one attached hydrogen (secondary N) is 1. The van der Waals surface area contributed by atoms with E-state index in [1.165, 1.54) is 11.6 Å². The molecule has 0 saturated carbocycles. The summed E-state index contributed by atoms with van der Waals surface area (Å²) in [6.07, 6.45) is 0.760. The van der Waals surface area contributed by atoms with Gasteiger partial charge >= 0.3 is 5.97 Å². The summed E-state index contributed by atoms with van der Waals surface area (Å²) in [5.41, 5.74) is 1.20. The Kier molecular flexibility index (Phi) is 3.40. The number of hydrogen-bond donors (Lipinski definition) is 2. The van der Waals surface area contributed by atoms with E-state index in [4.69, 9.17) is 9.84 Å². The van der Waals surface area contributed by atoms with Gasteiger partial charge in [-0.1, -0.05) is 30.3 Å². The van der Waals surface area contributed by atoms with E-state index in [2.05, 4.69) is 10.2 Å². The van der Waals surface area contributed by atoms with Crippen molar-refractivity contribution >= 4 is 5.97 Å². The third kappa shape index (κ3) is 3.07. The van der Waals surface area contributed by atoms with Gasteiger partial charge in [-0.2, -0.15) is 0 Å². The summed E-state index contributed by atoms with van der Waals surface area (Å²) >= 11 is 0. The molecule has 5 heteroatoms. The molecular weight excluding hydrogens is 220 g/mol. The predicted octanol–water partition coefficient (Wildman–Crippen LogP) is 1.73. The van der Waals surface area contributed by atoms with Gasteiger partial charge in [-0.05, 0) is 5.56 Å². The van der Waals surface area contributed by atoms with Crippen molar-refractivity contribution in [3.05, 3.63) is 47.7 Å². The Hall–Kier alpha value is -2.30. The van der Waals surface area contributed by atoms with Crippen molar-refractivity contribution in [2.24, 2.45) is 0 Å². The summed E-state index contributed by atoms with van der Waals surface area (Å²) in [6, 6.07) is 11.3. The molecule has 1 aromatic heterocycles. The second-order valence-electron chi connectivity index (χ2n) is 3.51. The summed E-state index contributed by atoms with van der Waals surface area (Å²) in [5, 5.41) is 14.8. The van der Waals surface area contributed by atoms with Crippen LogP contribution in [-0.4, -0.2) is 27.9 Å². The number of H-pyrrole nitrogens is 1. The van der Waals surface area contributed by atoms with Crippen LogP contribution in [0.15, 0.2) is 36.4 Å². The Morgan fingerprint density at radius 1 is 1.35 bits per heavy atom. The number of carboxylic acids is 1. The van der Waals surface area contributed by atoms with E-state index < -0.39 is 5.97 Å². The Morgan fingerprint density at radius 3 is 2.76 bits per heavy atom. The molecule has 1 heterocycles. The molecule has 2 aromatic rings. The monoisotopic (exact) mass is 232 g/mol. The minimum Gasteiger partial charge on any atom is -0.477 e. The van der Waals surface area contributed by atoms with Crippen molar-refractivity contribution in [2.45, 2.75) is 6.42 Å².